The van der Waals surface area contributed by atoms with Gasteiger partial charge in [0.1, 0.15) is 0 Å². The predicted molar refractivity (Wildman–Crippen MR) is 128 cm³/mol. The number of nitrogens with two attached hydrogens (primary N) is 1. The second-order valence-electron chi connectivity index (χ2n) is 7.46. The van der Waals surface area contributed by atoms with Crippen LogP contribution in [0.5, 0.6) is 0 Å². The molecule has 0 atom stereocenters. The molecule has 0 bridgehead atoms. The van der Waals surface area contributed by atoms with Gasteiger partial charge in [0, 0.05) is 39.8 Å². The number of hydrogen-bond donors (Lipinski definition) is 2. The minimum atomic E-state index is -0.316. The van der Waals surface area contributed by atoms with E-state index in [2.05, 4.69) is 22.4 Å². The van der Waals surface area contributed by atoms with E-state index in [9.17, 15) is 0 Å². The molecule has 0 saturated heterocycles. The number of rotatable bonds is 4. The third-order valence-electron chi connectivity index (χ3n) is 5.60. The van der Waals surface area contributed by atoms with Crippen molar-refractivity contribution in [2.75, 3.05) is 0 Å². The second kappa shape index (κ2) is 10.3. The van der Waals surface area contributed by atoms with Crippen molar-refractivity contribution in [1.82, 2.24) is 10.3 Å². The van der Waals surface area contributed by atoms with Crippen molar-refractivity contribution in [3.8, 4) is 0 Å². The summed E-state index contributed by atoms with van der Waals surface area (Å²) < 4.78 is 0. The Balaban J connectivity index is 0.00000150. The number of hydrogen-bond acceptors (Lipinski definition) is 3. The minimum Gasteiger partial charge on any atom is -0.321 e. The van der Waals surface area contributed by atoms with Crippen LogP contribution in [0.4, 0.5) is 0 Å². The van der Waals surface area contributed by atoms with Crippen molar-refractivity contribution in [3.05, 3.63) is 75.9 Å². The molecule has 0 spiro atoms. The van der Waals surface area contributed by atoms with Gasteiger partial charge in [-0.2, -0.15) is 0 Å². The maximum atomic E-state index is 6.87. The van der Waals surface area contributed by atoms with E-state index >= 15 is 0 Å². The first-order valence-corrected chi connectivity index (χ1v) is 10.1. The van der Waals surface area contributed by atoms with Gasteiger partial charge in [0.25, 0.3) is 0 Å². The van der Waals surface area contributed by atoms with E-state index in [4.69, 9.17) is 28.9 Å². The first-order chi connectivity index (χ1) is 13.0. The fraction of sp³-hybridized carbons (Fsp3) is 0.318. The van der Waals surface area contributed by atoms with Gasteiger partial charge in [-0.05, 0) is 67.1 Å². The number of benzene rings is 2. The summed E-state index contributed by atoms with van der Waals surface area (Å²) in [5, 5.41) is 6.24. The van der Waals surface area contributed by atoms with Gasteiger partial charge in [-0.25, -0.2) is 0 Å². The van der Waals surface area contributed by atoms with Crippen LogP contribution in [-0.2, 0) is 12.1 Å². The van der Waals surface area contributed by atoms with Crippen molar-refractivity contribution >= 4 is 58.9 Å². The standard InChI is InChI=1S/C22H23Cl2N3.2ClH/c23-16-3-1-2-15(12-16)14-27-18-6-9-22(25,10-7-18)20-8-11-26-21-13-17(24)4-5-19(20)21;;/h1-5,8,11-13,18,27H,6-7,9-10,14,25H2;2*1H. The molecule has 29 heavy (non-hydrogen) atoms. The van der Waals surface area contributed by atoms with Crippen LogP contribution in [-0.4, -0.2) is 11.0 Å². The molecule has 1 saturated carbocycles. The zero-order valence-electron chi connectivity index (χ0n) is 15.9. The van der Waals surface area contributed by atoms with E-state index in [0.29, 0.717) is 11.1 Å². The topological polar surface area (TPSA) is 50.9 Å². The fourth-order valence-electron chi connectivity index (χ4n) is 4.07. The van der Waals surface area contributed by atoms with Gasteiger partial charge in [0.2, 0.25) is 0 Å². The third-order valence-corrected chi connectivity index (χ3v) is 6.07. The maximum absolute atomic E-state index is 6.87. The van der Waals surface area contributed by atoms with Crippen LogP contribution in [0.3, 0.4) is 0 Å². The second-order valence-corrected chi connectivity index (χ2v) is 8.33. The molecule has 3 N–H and O–H groups in total. The number of fused-ring (bicyclic) bond motifs is 1. The van der Waals surface area contributed by atoms with Crippen LogP contribution >= 0.6 is 48.0 Å². The average molecular weight is 473 g/mol. The van der Waals surface area contributed by atoms with Crippen LogP contribution in [0.25, 0.3) is 10.9 Å². The summed E-state index contributed by atoms with van der Waals surface area (Å²) in [5.41, 5.74) is 9.85. The lowest BCUT2D eigenvalue weighted by Gasteiger charge is -2.38. The van der Waals surface area contributed by atoms with Gasteiger partial charge < -0.3 is 11.1 Å². The molecular weight excluding hydrogens is 448 g/mol. The van der Waals surface area contributed by atoms with Crippen molar-refractivity contribution < 1.29 is 0 Å². The van der Waals surface area contributed by atoms with Gasteiger partial charge in [-0.1, -0.05) is 41.4 Å². The van der Waals surface area contributed by atoms with Crippen LogP contribution in [0.15, 0.2) is 54.7 Å². The molecule has 1 heterocycles. The lowest BCUT2D eigenvalue weighted by Crippen LogP contribution is -2.45. The van der Waals surface area contributed by atoms with E-state index < -0.39 is 0 Å². The Bertz CT molecular complexity index is 956. The van der Waals surface area contributed by atoms with Gasteiger partial charge in [-0.3, -0.25) is 4.98 Å². The Labute approximate surface area is 194 Å². The SMILES string of the molecule is Cl.Cl.NC1(c2ccnc3cc(Cl)ccc23)CCC(NCc2cccc(Cl)c2)CC1. The van der Waals surface area contributed by atoms with E-state index in [1.54, 1.807) is 0 Å². The van der Waals surface area contributed by atoms with E-state index in [0.717, 1.165) is 48.2 Å². The largest absolute Gasteiger partial charge is 0.321 e. The molecule has 0 unspecified atom stereocenters. The van der Waals surface area contributed by atoms with Crippen molar-refractivity contribution in [3.63, 3.8) is 0 Å². The first-order valence-electron chi connectivity index (χ1n) is 9.35. The third kappa shape index (κ3) is 5.55. The highest BCUT2D eigenvalue weighted by atomic mass is 35.5. The van der Waals surface area contributed by atoms with E-state index in [1.807, 2.05) is 42.6 Å². The minimum absolute atomic E-state index is 0. The molecule has 0 aliphatic heterocycles. The molecule has 3 nitrogen and oxygen atoms in total. The fourth-order valence-corrected chi connectivity index (χ4v) is 4.45. The zero-order valence-corrected chi connectivity index (χ0v) is 19.1. The summed E-state index contributed by atoms with van der Waals surface area (Å²) in [4.78, 5) is 4.45. The molecule has 7 heteroatoms. The van der Waals surface area contributed by atoms with Gasteiger partial charge in [0.05, 0.1) is 5.52 Å². The summed E-state index contributed by atoms with van der Waals surface area (Å²) >= 11 is 12.2. The Morgan fingerprint density at radius 2 is 1.72 bits per heavy atom. The maximum Gasteiger partial charge on any atom is 0.0720 e. The average Bonchev–Trinajstić information content (AvgIpc) is 2.67. The molecular formula is C22H25Cl4N3. The summed E-state index contributed by atoms with van der Waals surface area (Å²) in [6.45, 7) is 0.833. The van der Waals surface area contributed by atoms with Crippen LogP contribution < -0.4 is 11.1 Å². The van der Waals surface area contributed by atoms with Crippen LogP contribution in [0, 0.1) is 0 Å². The molecule has 2 aromatic carbocycles. The number of nitrogens with zero attached hydrogens (tertiary/aromatic N) is 1. The van der Waals surface area contributed by atoms with Crippen molar-refractivity contribution in [2.24, 2.45) is 5.73 Å². The number of nitrogens with one attached hydrogen (secondary N) is 1. The smallest absolute Gasteiger partial charge is 0.0720 e. The van der Waals surface area contributed by atoms with Gasteiger partial charge >= 0.3 is 0 Å². The molecule has 1 aromatic heterocycles. The summed E-state index contributed by atoms with van der Waals surface area (Å²) in [6, 6.07) is 16.4. The molecule has 4 rings (SSSR count). The Morgan fingerprint density at radius 1 is 1.00 bits per heavy atom. The van der Waals surface area contributed by atoms with Crippen LogP contribution in [0.1, 0.15) is 36.8 Å². The summed E-state index contributed by atoms with van der Waals surface area (Å²) in [5.74, 6) is 0. The molecule has 0 radical (unpaired) electrons. The number of pyridine rings is 1. The molecule has 1 aliphatic carbocycles. The van der Waals surface area contributed by atoms with Crippen LogP contribution in [0.2, 0.25) is 10.0 Å². The van der Waals surface area contributed by atoms with E-state index in [-0.39, 0.29) is 30.4 Å². The lowest BCUT2D eigenvalue weighted by atomic mass is 9.74. The highest BCUT2D eigenvalue weighted by molar-refractivity contribution is 6.31. The van der Waals surface area contributed by atoms with Gasteiger partial charge in [-0.15, -0.1) is 24.8 Å². The Morgan fingerprint density at radius 3 is 2.45 bits per heavy atom. The van der Waals surface area contributed by atoms with E-state index in [1.165, 1.54) is 11.1 Å². The predicted octanol–water partition coefficient (Wildman–Crippen LogP) is 6.27. The Kier molecular flexibility index (Phi) is 8.59. The summed E-state index contributed by atoms with van der Waals surface area (Å²) in [6.07, 6.45) is 5.83. The molecule has 3 aromatic rings. The molecule has 0 amide bonds. The zero-order chi connectivity index (χ0) is 18.9. The quantitative estimate of drug-likeness (QED) is 0.470. The highest BCUT2D eigenvalue weighted by Crippen LogP contribution is 2.38. The molecule has 156 valence electrons. The monoisotopic (exact) mass is 471 g/mol. The first kappa shape index (κ1) is 24.2. The number of aromatic nitrogens is 1. The normalized spacial score (nSPS) is 21.3. The lowest BCUT2D eigenvalue weighted by molar-refractivity contribution is 0.252. The Hall–Kier alpha value is -1.07. The molecule has 1 fully saturated rings. The van der Waals surface area contributed by atoms with Gasteiger partial charge in [0.15, 0.2) is 0 Å². The summed E-state index contributed by atoms with van der Waals surface area (Å²) in [7, 11) is 0. The molecule has 1 aliphatic rings. The number of halogens is 4. The van der Waals surface area contributed by atoms with Crippen molar-refractivity contribution in [2.45, 2.75) is 43.8 Å². The highest BCUT2D eigenvalue weighted by Gasteiger charge is 2.34. The van der Waals surface area contributed by atoms with Crippen molar-refractivity contribution in [1.29, 1.82) is 0 Å².